The first kappa shape index (κ1) is 18.5. The number of aryl methyl sites for hydroxylation is 1. The van der Waals surface area contributed by atoms with E-state index in [1.54, 1.807) is 6.26 Å². The van der Waals surface area contributed by atoms with Gasteiger partial charge in [-0.3, -0.25) is 4.79 Å². The van der Waals surface area contributed by atoms with Crippen molar-refractivity contribution in [2.75, 3.05) is 0 Å². The van der Waals surface area contributed by atoms with Gasteiger partial charge in [0.1, 0.15) is 5.76 Å². The van der Waals surface area contributed by atoms with Gasteiger partial charge in [-0.15, -0.1) is 11.3 Å². The summed E-state index contributed by atoms with van der Waals surface area (Å²) in [6, 6.07) is 10.9. The van der Waals surface area contributed by atoms with E-state index in [1.807, 2.05) is 58.7 Å². The molecule has 4 nitrogen and oxygen atoms in total. The Kier molecular flexibility index (Phi) is 6.30. The largest absolute Gasteiger partial charge is 0.467 e. The fourth-order valence-corrected chi connectivity index (χ4v) is 3.71. The Morgan fingerprint density at radius 3 is 2.69 bits per heavy atom. The smallest absolute Gasteiger partial charge is 0.271 e. The lowest BCUT2D eigenvalue weighted by Gasteiger charge is -2.14. The van der Waals surface area contributed by atoms with Gasteiger partial charge in [0.25, 0.3) is 6.04 Å². The topological polar surface area (TPSA) is 46.1 Å². The maximum atomic E-state index is 13.1. The predicted octanol–water partition coefficient (Wildman–Crippen LogP) is 4.12. The highest BCUT2D eigenvalue weighted by molar-refractivity contribution is 7.80. The number of pyridine rings is 1. The lowest BCUT2D eigenvalue weighted by Crippen LogP contribution is -2.51. The molecule has 0 aliphatic rings. The molecule has 3 aromatic heterocycles. The Morgan fingerprint density at radius 1 is 1.27 bits per heavy atom. The van der Waals surface area contributed by atoms with Crippen molar-refractivity contribution in [2.24, 2.45) is 0 Å². The van der Waals surface area contributed by atoms with Crippen molar-refractivity contribution in [3.05, 3.63) is 76.6 Å². The molecule has 0 spiro atoms. The summed E-state index contributed by atoms with van der Waals surface area (Å²) in [7, 11) is 0. The number of Topliss-reactive ketones (excluding diaryl/α,β-unsaturated/α-hetero) is 1. The molecule has 134 valence electrons. The highest BCUT2D eigenvalue weighted by Gasteiger charge is 2.33. The average molecular weight is 386 g/mol. The third-order valence-corrected chi connectivity index (χ3v) is 5.29. The molecule has 6 heteroatoms. The van der Waals surface area contributed by atoms with Crippen molar-refractivity contribution >= 4 is 34.3 Å². The summed E-state index contributed by atoms with van der Waals surface area (Å²) in [6.07, 6.45) is 7.59. The average Bonchev–Trinajstić information content (AvgIpc) is 3.36. The lowest BCUT2D eigenvalue weighted by molar-refractivity contribution is -0.692. The zero-order valence-electron chi connectivity index (χ0n) is 14.6. The Labute approximate surface area is 162 Å². The third-order valence-electron chi connectivity index (χ3n) is 4.04. The second-order valence-electron chi connectivity index (χ2n) is 5.94. The highest BCUT2D eigenvalue weighted by atomic mass is 32.1. The molecule has 0 bridgehead atoms. The fraction of sp³-hybridized carbons (Fsp3) is 0.250. The number of nitrogens with one attached hydrogen (secondary N) is 1. The van der Waals surface area contributed by atoms with Gasteiger partial charge in [-0.25, -0.2) is 0 Å². The summed E-state index contributed by atoms with van der Waals surface area (Å²) in [5.74, 6) is 0.767. The van der Waals surface area contributed by atoms with Crippen LogP contribution in [0.1, 0.15) is 40.4 Å². The molecule has 0 fully saturated rings. The number of nitrogens with zero attached hydrogens (tertiary/aromatic N) is 1. The SMILES string of the molecule is CCCc1cc[n+]([C@H](C(=O)c2cccs2)C(=S)NCc2ccco2)cc1. The lowest BCUT2D eigenvalue weighted by atomic mass is 10.1. The van der Waals surface area contributed by atoms with Crippen LogP contribution in [0.25, 0.3) is 0 Å². The molecule has 0 aliphatic carbocycles. The summed E-state index contributed by atoms with van der Waals surface area (Å²) < 4.78 is 7.21. The number of thiocarbonyl (C=S) groups is 1. The van der Waals surface area contributed by atoms with Crippen LogP contribution in [0, 0.1) is 0 Å². The molecule has 26 heavy (non-hydrogen) atoms. The van der Waals surface area contributed by atoms with Crippen molar-refractivity contribution in [1.82, 2.24) is 5.32 Å². The van der Waals surface area contributed by atoms with Gasteiger partial charge >= 0.3 is 0 Å². The number of ketones is 1. The first-order valence-corrected chi connectivity index (χ1v) is 9.85. The number of hydrogen-bond donors (Lipinski definition) is 1. The van der Waals surface area contributed by atoms with E-state index in [1.165, 1.54) is 16.9 Å². The maximum Gasteiger partial charge on any atom is 0.271 e. The van der Waals surface area contributed by atoms with E-state index in [2.05, 4.69) is 12.2 Å². The van der Waals surface area contributed by atoms with Crippen molar-refractivity contribution < 1.29 is 13.8 Å². The summed E-state index contributed by atoms with van der Waals surface area (Å²) in [5, 5.41) is 5.07. The van der Waals surface area contributed by atoms with Crippen LogP contribution in [-0.4, -0.2) is 10.8 Å². The molecule has 0 aromatic carbocycles. The third kappa shape index (κ3) is 4.45. The molecular formula is C20H21N2O2S2+. The van der Waals surface area contributed by atoms with Gasteiger partial charge in [0.15, 0.2) is 17.4 Å². The first-order chi connectivity index (χ1) is 12.7. The van der Waals surface area contributed by atoms with Gasteiger partial charge in [-0.05, 0) is 35.6 Å². The van der Waals surface area contributed by atoms with Crippen molar-refractivity contribution in [3.8, 4) is 0 Å². The summed E-state index contributed by atoms with van der Waals surface area (Å²) >= 11 is 7.00. The number of furan rings is 1. The Balaban J connectivity index is 1.83. The quantitative estimate of drug-likeness (QED) is 0.360. The van der Waals surface area contributed by atoms with Crippen LogP contribution in [0.3, 0.4) is 0 Å². The van der Waals surface area contributed by atoms with Gasteiger partial charge in [0, 0.05) is 12.1 Å². The van der Waals surface area contributed by atoms with Crippen LogP contribution < -0.4 is 9.88 Å². The van der Waals surface area contributed by atoms with Crippen LogP contribution in [0.2, 0.25) is 0 Å². The number of carbonyl (C=O) groups excluding carboxylic acids is 1. The van der Waals surface area contributed by atoms with Crippen molar-refractivity contribution in [3.63, 3.8) is 0 Å². The predicted molar refractivity (Wildman–Crippen MR) is 106 cm³/mol. The minimum Gasteiger partial charge on any atom is -0.467 e. The molecule has 0 saturated heterocycles. The zero-order valence-corrected chi connectivity index (χ0v) is 16.2. The maximum absolute atomic E-state index is 13.1. The molecule has 3 aromatic rings. The van der Waals surface area contributed by atoms with E-state index < -0.39 is 6.04 Å². The molecule has 3 heterocycles. The van der Waals surface area contributed by atoms with Gasteiger partial charge < -0.3 is 9.73 Å². The van der Waals surface area contributed by atoms with Crippen LogP contribution in [0.4, 0.5) is 0 Å². The Morgan fingerprint density at radius 2 is 2.08 bits per heavy atom. The number of thiophene rings is 1. The second kappa shape index (κ2) is 8.87. The minimum atomic E-state index is -0.575. The molecule has 0 radical (unpaired) electrons. The summed E-state index contributed by atoms with van der Waals surface area (Å²) in [5.41, 5.74) is 1.25. The van der Waals surface area contributed by atoms with Crippen LogP contribution in [0.5, 0.6) is 0 Å². The summed E-state index contributed by atoms with van der Waals surface area (Å²) in [4.78, 5) is 14.2. The van der Waals surface area contributed by atoms with E-state index in [0.717, 1.165) is 18.6 Å². The van der Waals surface area contributed by atoms with Gasteiger partial charge in [-0.2, -0.15) is 4.57 Å². The van der Waals surface area contributed by atoms with E-state index in [4.69, 9.17) is 16.6 Å². The van der Waals surface area contributed by atoms with Crippen molar-refractivity contribution in [2.45, 2.75) is 32.4 Å². The monoisotopic (exact) mass is 385 g/mol. The minimum absolute atomic E-state index is 0.00909. The number of rotatable bonds is 8. The molecular weight excluding hydrogens is 364 g/mol. The molecule has 0 aliphatic heterocycles. The Hall–Kier alpha value is -2.31. The van der Waals surface area contributed by atoms with Gasteiger partial charge in [0.05, 0.1) is 17.7 Å². The molecule has 0 amide bonds. The van der Waals surface area contributed by atoms with Gasteiger partial charge in [-0.1, -0.05) is 31.6 Å². The highest BCUT2D eigenvalue weighted by Crippen LogP contribution is 2.16. The molecule has 0 unspecified atom stereocenters. The summed E-state index contributed by atoms with van der Waals surface area (Å²) in [6.45, 7) is 2.60. The molecule has 1 atom stereocenters. The first-order valence-electron chi connectivity index (χ1n) is 8.56. The standard InChI is InChI=1S/C20H20N2O2S2/c1-2-5-15-8-10-22(11-9-15)18(19(23)17-7-4-13-26-17)20(25)21-14-16-6-3-12-24-16/h3-4,6-13,18H,2,5,14H2,1H3/p+1/t18-/m1/s1. The Bertz CT molecular complexity index is 841. The number of hydrogen-bond acceptors (Lipinski definition) is 4. The van der Waals surface area contributed by atoms with Crippen LogP contribution in [-0.2, 0) is 13.0 Å². The van der Waals surface area contributed by atoms with Gasteiger partial charge in [0.2, 0.25) is 5.78 Å². The molecule has 1 N–H and O–H groups in total. The molecule has 3 rings (SSSR count). The number of carbonyl (C=O) groups is 1. The normalized spacial score (nSPS) is 11.9. The molecule has 0 saturated carbocycles. The zero-order chi connectivity index (χ0) is 18.4. The van der Waals surface area contributed by atoms with Crippen molar-refractivity contribution in [1.29, 1.82) is 0 Å². The van der Waals surface area contributed by atoms with E-state index in [9.17, 15) is 4.79 Å². The second-order valence-corrected chi connectivity index (χ2v) is 7.33. The van der Waals surface area contributed by atoms with E-state index >= 15 is 0 Å². The van der Waals surface area contributed by atoms with E-state index in [-0.39, 0.29) is 5.78 Å². The van der Waals surface area contributed by atoms with Crippen LogP contribution in [0.15, 0.2) is 64.9 Å². The van der Waals surface area contributed by atoms with Crippen LogP contribution >= 0.6 is 23.6 Å². The number of aromatic nitrogens is 1. The van der Waals surface area contributed by atoms with E-state index in [0.29, 0.717) is 16.4 Å². The fourth-order valence-electron chi connectivity index (χ4n) is 2.72.